The van der Waals surface area contributed by atoms with Crippen LogP contribution in [-0.4, -0.2) is 26.1 Å². The number of ether oxygens (including phenoxy) is 2. The van der Waals surface area contributed by atoms with Gasteiger partial charge in [-0.3, -0.25) is 4.79 Å². The van der Waals surface area contributed by atoms with Crippen LogP contribution in [0.2, 0.25) is 5.02 Å². The van der Waals surface area contributed by atoms with Crippen molar-refractivity contribution in [3.05, 3.63) is 70.4 Å². The number of nitrogens with one attached hydrogen (secondary N) is 2. The summed E-state index contributed by atoms with van der Waals surface area (Å²) in [5.41, 5.74) is 1.65. The van der Waals surface area contributed by atoms with Gasteiger partial charge in [0.1, 0.15) is 17.4 Å². The molecule has 0 heterocycles. The first kappa shape index (κ1) is 20.8. The van der Waals surface area contributed by atoms with Gasteiger partial charge < -0.3 is 20.1 Å². The fraction of sp³-hybridized carbons (Fsp3) is 0.150. The second-order valence-corrected chi connectivity index (χ2v) is 5.95. The number of esters is 1. The number of methoxy groups -OCH3 is 2. The second kappa shape index (κ2) is 10.00. The number of anilines is 1. The number of amides is 1. The van der Waals surface area contributed by atoms with Gasteiger partial charge in [-0.2, -0.15) is 5.26 Å². The molecule has 2 aromatic carbocycles. The van der Waals surface area contributed by atoms with Crippen molar-refractivity contribution in [2.45, 2.75) is 6.54 Å². The quantitative estimate of drug-likeness (QED) is 0.421. The van der Waals surface area contributed by atoms with Crippen LogP contribution in [0.15, 0.2) is 54.2 Å². The van der Waals surface area contributed by atoms with Gasteiger partial charge in [0.25, 0.3) is 5.91 Å². The number of carbonyl (C=O) groups is 2. The number of hydrogen-bond donors (Lipinski definition) is 2. The largest absolute Gasteiger partial charge is 0.495 e. The minimum Gasteiger partial charge on any atom is -0.495 e. The Labute approximate surface area is 167 Å². The van der Waals surface area contributed by atoms with Crippen LogP contribution in [0, 0.1) is 11.3 Å². The maximum absolute atomic E-state index is 12.2. The molecule has 1 amide bonds. The number of benzene rings is 2. The minimum absolute atomic E-state index is 0.0990. The van der Waals surface area contributed by atoms with Crippen molar-refractivity contribution in [1.82, 2.24) is 5.32 Å². The molecule has 8 heteroatoms. The molecule has 2 aromatic rings. The van der Waals surface area contributed by atoms with Crippen LogP contribution in [0.5, 0.6) is 5.75 Å². The average molecular weight is 400 g/mol. The van der Waals surface area contributed by atoms with E-state index in [2.05, 4.69) is 15.4 Å². The van der Waals surface area contributed by atoms with E-state index in [0.29, 0.717) is 28.6 Å². The van der Waals surface area contributed by atoms with E-state index in [1.165, 1.54) is 26.5 Å². The van der Waals surface area contributed by atoms with E-state index in [9.17, 15) is 14.9 Å². The van der Waals surface area contributed by atoms with Crippen LogP contribution in [-0.2, 0) is 16.1 Å². The Kier molecular flexibility index (Phi) is 7.43. The number of halogens is 1. The zero-order chi connectivity index (χ0) is 20.5. The van der Waals surface area contributed by atoms with Gasteiger partial charge in [0.2, 0.25) is 0 Å². The van der Waals surface area contributed by atoms with E-state index in [4.69, 9.17) is 16.3 Å². The third-order valence-electron chi connectivity index (χ3n) is 3.70. The first-order valence-corrected chi connectivity index (χ1v) is 8.52. The second-order valence-electron chi connectivity index (χ2n) is 5.54. The first-order valence-electron chi connectivity index (χ1n) is 8.14. The van der Waals surface area contributed by atoms with Crippen LogP contribution in [0.25, 0.3) is 0 Å². The van der Waals surface area contributed by atoms with Crippen molar-refractivity contribution >= 4 is 29.2 Å². The summed E-state index contributed by atoms with van der Waals surface area (Å²) in [5.74, 6) is -0.505. The van der Waals surface area contributed by atoms with Crippen molar-refractivity contribution in [1.29, 1.82) is 5.26 Å². The molecule has 0 radical (unpaired) electrons. The summed E-state index contributed by atoms with van der Waals surface area (Å²) in [6, 6.07) is 13.4. The molecule has 28 heavy (non-hydrogen) atoms. The van der Waals surface area contributed by atoms with E-state index >= 15 is 0 Å². The molecule has 0 aliphatic heterocycles. The fourth-order valence-corrected chi connectivity index (χ4v) is 2.50. The van der Waals surface area contributed by atoms with Crippen LogP contribution >= 0.6 is 11.6 Å². The van der Waals surface area contributed by atoms with Crippen LogP contribution < -0.4 is 15.4 Å². The van der Waals surface area contributed by atoms with Crippen molar-refractivity contribution in [3.8, 4) is 11.8 Å². The van der Waals surface area contributed by atoms with E-state index in [1.54, 1.807) is 36.4 Å². The topological polar surface area (TPSA) is 100 Å². The maximum atomic E-state index is 12.2. The van der Waals surface area contributed by atoms with E-state index < -0.39 is 11.9 Å². The highest BCUT2D eigenvalue weighted by molar-refractivity contribution is 6.32. The highest BCUT2D eigenvalue weighted by Crippen LogP contribution is 2.27. The van der Waals surface area contributed by atoms with Gasteiger partial charge in [0.05, 0.1) is 24.8 Å². The Morgan fingerprint density at radius 1 is 1.18 bits per heavy atom. The third kappa shape index (κ3) is 5.50. The van der Waals surface area contributed by atoms with Gasteiger partial charge in [0.15, 0.2) is 0 Å². The molecule has 0 spiro atoms. The zero-order valence-electron chi connectivity index (χ0n) is 15.3. The zero-order valence-corrected chi connectivity index (χ0v) is 16.0. The maximum Gasteiger partial charge on any atom is 0.337 e. The molecule has 0 saturated carbocycles. The summed E-state index contributed by atoms with van der Waals surface area (Å²) in [7, 11) is 2.81. The average Bonchev–Trinajstić information content (AvgIpc) is 2.71. The fourth-order valence-electron chi connectivity index (χ4n) is 2.24. The summed E-state index contributed by atoms with van der Waals surface area (Å²) in [6.45, 7) is 0.369. The molecule has 2 rings (SSSR count). The molecule has 0 atom stereocenters. The number of nitriles is 1. The summed E-state index contributed by atoms with van der Waals surface area (Å²) >= 11 is 6.02. The molecule has 0 saturated heterocycles. The highest BCUT2D eigenvalue weighted by atomic mass is 35.5. The third-order valence-corrected chi connectivity index (χ3v) is 4.00. The SMILES string of the molecule is COC(=O)c1ccc(CN/C=C(/C#N)C(=O)Nc2ccc(OC)c(Cl)c2)cc1. The van der Waals surface area contributed by atoms with Gasteiger partial charge in [0, 0.05) is 18.4 Å². The monoisotopic (exact) mass is 399 g/mol. The molecule has 7 nitrogen and oxygen atoms in total. The molecule has 0 unspecified atom stereocenters. The molecule has 2 N–H and O–H groups in total. The Bertz CT molecular complexity index is 933. The summed E-state index contributed by atoms with van der Waals surface area (Å²) in [5, 5.41) is 15.1. The number of nitrogens with zero attached hydrogens (tertiary/aromatic N) is 1. The predicted octanol–water partition coefficient (Wildman–Crippen LogP) is 3.27. The molecule has 0 aromatic heterocycles. The molecular weight excluding hydrogens is 382 g/mol. The van der Waals surface area contributed by atoms with E-state index in [-0.39, 0.29) is 5.57 Å². The number of hydrogen-bond acceptors (Lipinski definition) is 6. The molecule has 0 aliphatic rings. The highest BCUT2D eigenvalue weighted by Gasteiger charge is 2.11. The number of rotatable bonds is 7. The van der Waals surface area contributed by atoms with Crippen LogP contribution in [0.3, 0.4) is 0 Å². The lowest BCUT2D eigenvalue weighted by molar-refractivity contribution is -0.112. The Balaban J connectivity index is 1.97. The molecule has 144 valence electrons. The van der Waals surface area contributed by atoms with Gasteiger partial charge in [-0.25, -0.2) is 4.79 Å². The van der Waals surface area contributed by atoms with Crippen molar-refractivity contribution in [2.75, 3.05) is 19.5 Å². The Morgan fingerprint density at radius 3 is 2.46 bits per heavy atom. The molecule has 0 aliphatic carbocycles. The molecular formula is C20H18ClN3O4. The van der Waals surface area contributed by atoms with E-state index in [1.807, 2.05) is 6.07 Å². The van der Waals surface area contributed by atoms with Crippen molar-refractivity contribution in [2.24, 2.45) is 0 Å². The summed E-state index contributed by atoms with van der Waals surface area (Å²) < 4.78 is 9.69. The lowest BCUT2D eigenvalue weighted by Crippen LogP contribution is -2.16. The van der Waals surface area contributed by atoms with Crippen molar-refractivity contribution < 1.29 is 19.1 Å². The van der Waals surface area contributed by atoms with Crippen LogP contribution in [0.1, 0.15) is 15.9 Å². The summed E-state index contributed by atoms with van der Waals surface area (Å²) in [6.07, 6.45) is 1.33. The van der Waals surface area contributed by atoms with Gasteiger partial charge in [-0.15, -0.1) is 0 Å². The lowest BCUT2D eigenvalue weighted by atomic mass is 10.1. The predicted molar refractivity (Wildman–Crippen MR) is 105 cm³/mol. The summed E-state index contributed by atoms with van der Waals surface area (Å²) in [4.78, 5) is 23.6. The smallest absolute Gasteiger partial charge is 0.337 e. The lowest BCUT2D eigenvalue weighted by Gasteiger charge is -2.08. The van der Waals surface area contributed by atoms with Crippen LogP contribution in [0.4, 0.5) is 5.69 Å². The van der Waals surface area contributed by atoms with Gasteiger partial charge in [-0.05, 0) is 35.9 Å². The van der Waals surface area contributed by atoms with Gasteiger partial charge in [-0.1, -0.05) is 23.7 Å². The molecule has 0 fully saturated rings. The van der Waals surface area contributed by atoms with Gasteiger partial charge >= 0.3 is 5.97 Å². The minimum atomic E-state index is -0.572. The first-order chi connectivity index (χ1) is 13.5. The molecule has 0 bridgehead atoms. The Hall–Kier alpha value is -3.50. The Morgan fingerprint density at radius 2 is 1.89 bits per heavy atom. The van der Waals surface area contributed by atoms with E-state index in [0.717, 1.165) is 5.56 Å². The normalized spacial score (nSPS) is 10.6. The number of carbonyl (C=O) groups excluding carboxylic acids is 2. The van der Waals surface area contributed by atoms with Crippen molar-refractivity contribution in [3.63, 3.8) is 0 Å². The standard InChI is InChI=1S/C20H18ClN3O4/c1-27-18-8-7-16(9-17(18)21)24-19(25)15(10-22)12-23-11-13-3-5-14(6-4-13)20(26)28-2/h3-9,12,23H,11H2,1-2H3,(H,24,25)/b15-12-.